The Balaban J connectivity index is 2.54. The van der Waals surface area contributed by atoms with E-state index in [1.807, 2.05) is 0 Å². The van der Waals surface area contributed by atoms with Crippen LogP contribution in [0.15, 0.2) is 22.7 Å². The van der Waals surface area contributed by atoms with Gasteiger partial charge < -0.3 is 4.52 Å². The number of hydrogen-bond acceptors (Lipinski definition) is 3. The molecule has 3 nitrogen and oxygen atoms in total. The minimum Gasteiger partial charge on any atom is -0.355 e. The molecule has 0 N–H and O–H groups in total. The van der Waals surface area contributed by atoms with Gasteiger partial charge in [-0.2, -0.15) is 13.2 Å². The normalized spacial score (nSPS) is 11.7. The van der Waals surface area contributed by atoms with E-state index in [4.69, 9.17) is 27.7 Å². The fourth-order valence-corrected chi connectivity index (χ4v) is 2.10. The first-order chi connectivity index (χ1) is 9.75. The number of nitrogens with zero attached hydrogens (tertiary/aromatic N) is 1. The molecule has 1 aromatic carbocycles. The molecule has 0 aliphatic carbocycles. The SMILES string of the molecule is O=C(Cl)c1noc(-c2ccc(C(F)(F)F)c(F)c2)c1CCl. The summed E-state index contributed by atoms with van der Waals surface area (Å²) in [5, 5.41) is 2.44. The Morgan fingerprint density at radius 2 is 2.00 bits per heavy atom. The van der Waals surface area contributed by atoms with Crippen LogP contribution in [0.25, 0.3) is 11.3 Å². The Morgan fingerprint density at radius 1 is 1.33 bits per heavy atom. The van der Waals surface area contributed by atoms with Crippen LogP contribution in [0.2, 0.25) is 0 Å². The summed E-state index contributed by atoms with van der Waals surface area (Å²) in [6.45, 7) is 0. The smallest absolute Gasteiger partial charge is 0.355 e. The van der Waals surface area contributed by atoms with Crippen molar-refractivity contribution in [3.8, 4) is 11.3 Å². The fraction of sp³-hybridized carbons (Fsp3) is 0.167. The van der Waals surface area contributed by atoms with E-state index in [0.717, 1.165) is 6.07 Å². The first-order valence-electron chi connectivity index (χ1n) is 5.37. The number of alkyl halides is 4. The Bertz CT molecular complexity index is 697. The summed E-state index contributed by atoms with van der Waals surface area (Å²) in [6.07, 6.45) is -4.81. The summed E-state index contributed by atoms with van der Waals surface area (Å²) in [7, 11) is 0. The molecule has 0 amide bonds. The van der Waals surface area contributed by atoms with Crippen LogP contribution in [0.3, 0.4) is 0 Å². The van der Waals surface area contributed by atoms with Crippen molar-refractivity contribution < 1.29 is 26.9 Å². The monoisotopic (exact) mass is 341 g/mol. The van der Waals surface area contributed by atoms with Gasteiger partial charge in [0.1, 0.15) is 5.82 Å². The van der Waals surface area contributed by atoms with Gasteiger partial charge in [-0.25, -0.2) is 4.39 Å². The maximum atomic E-state index is 13.5. The first kappa shape index (κ1) is 15.8. The minimum atomic E-state index is -4.81. The van der Waals surface area contributed by atoms with E-state index in [1.165, 1.54) is 0 Å². The van der Waals surface area contributed by atoms with Crippen LogP contribution in [0.4, 0.5) is 17.6 Å². The lowest BCUT2D eigenvalue weighted by Gasteiger charge is -2.08. The molecule has 2 rings (SSSR count). The van der Waals surface area contributed by atoms with Gasteiger partial charge >= 0.3 is 6.18 Å². The van der Waals surface area contributed by atoms with Gasteiger partial charge in [0.25, 0.3) is 5.24 Å². The molecule has 0 radical (unpaired) electrons. The lowest BCUT2D eigenvalue weighted by Crippen LogP contribution is -2.07. The predicted molar refractivity (Wildman–Crippen MR) is 66.6 cm³/mol. The summed E-state index contributed by atoms with van der Waals surface area (Å²) in [6, 6.07) is 2.18. The van der Waals surface area contributed by atoms with Crippen molar-refractivity contribution >= 4 is 28.4 Å². The maximum Gasteiger partial charge on any atom is 0.419 e. The minimum absolute atomic E-state index is 0.0344. The van der Waals surface area contributed by atoms with Gasteiger partial charge in [0.05, 0.1) is 11.4 Å². The van der Waals surface area contributed by atoms with E-state index in [2.05, 4.69) is 5.16 Å². The fourth-order valence-electron chi connectivity index (χ4n) is 1.70. The Hall–Kier alpha value is -1.60. The highest BCUT2D eigenvalue weighted by atomic mass is 35.5. The summed E-state index contributed by atoms with van der Waals surface area (Å²) < 4.78 is 55.8. The first-order valence-corrected chi connectivity index (χ1v) is 6.28. The topological polar surface area (TPSA) is 43.1 Å². The second-order valence-electron chi connectivity index (χ2n) is 3.94. The zero-order valence-corrected chi connectivity index (χ0v) is 11.5. The molecule has 112 valence electrons. The van der Waals surface area contributed by atoms with Gasteiger partial charge in [-0.15, -0.1) is 11.6 Å². The number of benzene rings is 1. The highest BCUT2D eigenvalue weighted by Crippen LogP contribution is 2.35. The molecule has 0 atom stereocenters. The lowest BCUT2D eigenvalue weighted by atomic mass is 10.1. The molecule has 0 spiro atoms. The molecule has 9 heteroatoms. The molecular formula is C12H5Cl2F4NO2. The van der Waals surface area contributed by atoms with Crippen molar-refractivity contribution in [2.75, 3.05) is 0 Å². The molecule has 0 aliphatic heterocycles. The number of carbonyl (C=O) groups is 1. The van der Waals surface area contributed by atoms with Crippen LogP contribution in [0.1, 0.15) is 21.6 Å². The van der Waals surface area contributed by atoms with Crippen LogP contribution in [0, 0.1) is 5.82 Å². The van der Waals surface area contributed by atoms with Gasteiger partial charge in [-0.1, -0.05) is 11.2 Å². The molecule has 0 bridgehead atoms. The van der Waals surface area contributed by atoms with Gasteiger partial charge in [0.2, 0.25) is 0 Å². The summed E-state index contributed by atoms with van der Waals surface area (Å²) >= 11 is 10.9. The van der Waals surface area contributed by atoms with E-state index in [1.54, 1.807) is 0 Å². The van der Waals surface area contributed by atoms with Crippen LogP contribution in [-0.2, 0) is 12.1 Å². The maximum absolute atomic E-state index is 13.5. The Labute approximate surface area is 125 Å². The summed E-state index contributed by atoms with van der Waals surface area (Å²) in [4.78, 5) is 11.1. The average Bonchev–Trinajstić information content (AvgIpc) is 2.80. The van der Waals surface area contributed by atoms with Crippen LogP contribution >= 0.6 is 23.2 Å². The van der Waals surface area contributed by atoms with Gasteiger partial charge in [-0.3, -0.25) is 4.79 Å². The second-order valence-corrected chi connectivity index (χ2v) is 4.55. The van der Waals surface area contributed by atoms with E-state index in [0.29, 0.717) is 12.1 Å². The number of halogens is 6. The molecular weight excluding hydrogens is 337 g/mol. The number of carbonyl (C=O) groups excluding carboxylic acids is 1. The molecule has 2 aromatic rings. The van der Waals surface area contributed by atoms with Crippen molar-refractivity contribution in [3.63, 3.8) is 0 Å². The molecule has 0 saturated heterocycles. The lowest BCUT2D eigenvalue weighted by molar-refractivity contribution is -0.139. The van der Waals surface area contributed by atoms with E-state index in [-0.39, 0.29) is 28.5 Å². The third kappa shape index (κ3) is 3.03. The zero-order valence-electron chi connectivity index (χ0n) is 9.97. The van der Waals surface area contributed by atoms with E-state index >= 15 is 0 Å². The van der Waals surface area contributed by atoms with E-state index < -0.39 is 22.8 Å². The van der Waals surface area contributed by atoms with E-state index in [9.17, 15) is 22.4 Å². The number of aromatic nitrogens is 1. The quantitative estimate of drug-likeness (QED) is 0.465. The highest BCUT2D eigenvalue weighted by molar-refractivity contribution is 6.67. The number of rotatable bonds is 3. The van der Waals surface area contributed by atoms with Gasteiger partial charge in [0, 0.05) is 11.1 Å². The summed E-state index contributed by atoms with van der Waals surface area (Å²) in [5.74, 6) is -1.81. The van der Waals surface area contributed by atoms with Crippen LogP contribution in [0.5, 0.6) is 0 Å². The zero-order chi connectivity index (χ0) is 15.8. The van der Waals surface area contributed by atoms with Crippen molar-refractivity contribution in [2.45, 2.75) is 12.1 Å². The Morgan fingerprint density at radius 3 is 2.48 bits per heavy atom. The highest BCUT2D eigenvalue weighted by Gasteiger charge is 2.34. The standard InChI is InChI=1S/C12H5Cl2F4NO2/c13-4-6-9(11(14)20)19-21-10(6)5-1-2-7(8(15)3-5)12(16,17)18/h1-3H,4H2. The molecule has 0 unspecified atom stereocenters. The third-order valence-corrected chi connectivity index (χ3v) is 3.09. The molecule has 0 aliphatic rings. The second kappa shape index (κ2) is 5.65. The Kier molecular flexibility index (Phi) is 4.25. The molecule has 1 heterocycles. The molecule has 0 saturated carbocycles. The molecule has 1 aromatic heterocycles. The largest absolute Gasteiger partial charge is 0.419 e. The predicted octanol–water partition coefficient (Wildman–Crippen LogP) is 4.62. The van der Waals surface area contributed by atoms with Crippen molar-refractivity contribution in [2.24, 2.45) is 0 Å². The van der Waals surface area contributed by atoms with Crippen molar-refractivity contribution in [1.82, 2.24) is 5.16 Å². The van der Waals surface area contributed by atoms with Crippen molar-refractivity contribution in [3.05, 3.63) is 40.8 Å². The van der Waals surface area contributed by atoms with Crippen LogP contribution in [-0.4, -0.2) is 10.4 Å². The van der Waals surface area contributed by atoms with Gasteiger partial charge in [-0.05, 0) is 23.7 Å². The molecule has 21 heavy (non-hydrogen) atoms. The number of hydrogen-bond donors (Lipinski definition) is 0. The van der Waals surface area contributed by atoms with Gasteiger partial charge in [0.15, 0.2) is 11.5 Å². The van der Waals surface area contributed by atoms with Crippen LogP contribution < -0.4 is 0 Å². The molecule has 0 fully saturated rings. The van der Waals surface area contributed by atoms with Crippen molar-refractivity contribution in [1.29, 1.82) is 0 Å². The average molecular weight is 342 g/mol. The summed E-state index contributed by atoms with van der Waals surface area (Å²) in [5.41, 5.74) is -1.63. The third-order valence-electron chi connectivity index (χ3n) is 2.64.